The smallest absolute Gasteiger partial charge is 0.191 e. The zero-order chi connectivity index (χ0) is 14.8. The number of hydrogen-bond acceptors (Lipinski definition) is 5. The van der Waals surface area contributed by atoms with Crippen molar-refractivity contribution >= 4 is 5.96 Å². The molecule has 1 saturated heterocycles. The zero-order valence-electron chi connectivity index (χ0n) is 13.6. The SMILES string of the molecule is CC(C)CN1CCC2(CC1)CN=C(N)N2CCN(C)C. The number of nitrogens with zero attached hydrogens (tertiary/aromatic N) is 4. The second kappa shape index (κ2) is 6.31. The predicted octanol–water partition coefficient (Wildman–Crippen LogP) is 0.669. The molecule has 0 aromatic heterocycles. The van der Waals surface area contributed by atoms with Gasteiger partial charge in [0.15, 0.2) is 5.96 Å². The zero-order valence-corrected chi connectivity index (χ0v) is 13.6. The summed E-state index contributed by atoms with van der Waals surface area (Å²) in [5.41, 5.74) is 6.33. The number of hydrogen-bond donors (Lipinski definition) is 1. The summed E-state index contributed by atoms with van der Waals surface area (Å²) in [5, 5.41) is 0. The summed E-state index contributed by atoms with van der Waals surface area (Å²) < 4.78 is 0. The standard InChI is InChI=1S/C15H31N5/c1-13(2)11-19-7-5-15(6-8-19)12-17-14(16)20(15)10-9-18(3)4/h13H,5-12H2,1-4H3,(H2,16,17). The molecule has 1 spiro atoms. The van der Waals surface area contributed by atoms with E-state index >= 15 is 0 Å². The highest BCUT2D eigenvalue weighted by Gasteiger charge is 2.44. The summed E-state index contributed by atoms with van der Waals surface area (Å²) >= 11 is 0. The number of nitrogens with two attached hydrogens (primary N) is 1. The van der Waals surface area contributed by atoms with E-state index in [0.29, 0.717) is 0 Å². The van der Waals surface area contributed by atoms with Crippen LogP contribution >= 0.6 is 0 Å². The van der Waals surface area contributed by atoms with Crippen molar-refractivity contribution in [1.82, 2.24) is 14.7 Å². The van der Waals surface area contributed by atoms with Crippen LogP contribution in [-0.2, 0) is 0 Å². The summed E-state index contributed by atoms with van der Waals surface area (Å²) in [6, 6.07) is 0. The molecule has 2 aliphatic rings. The minimum absolute atomic E-state index is 0.202. The summed E-state index contributed by atoms with van der Waals surface area (Å²) in [7, 11) is 4.22. The molecule has 20 heavy (non-hydrogen) atoms. The number of aliphatic imine (C=N–C) groups is 1. The first-order valence-corrected chi connectivity index (χ1v) is 7.87. The van der Waals surface area contributed by atoms with Crippen LogP contribution in [0, 0.1) is 5.92 Å². The van der Waals surface area contributed by atoms with Crippen LogP contribution < -0.4 is 5.73 Å². The van der Waals surface area contributed by atoms with E-state index in [1.54, 1.807) is 0 Å². The second-order valence-electron chi connectivity index (χ2n) is 7.05. The van der Waals surface area contributed by atoms with Crippen LogP contribution in [0.4, 0.5) is 0 Å². The van der Waals surface area contributed by atoms with Crippen LogP contribution in [0.5, 0.6) is 0 Å². The highest BCUT2D eigenvalue weighted by molar-refractivity contribution is 5.81. The van der Waals surface area contributed by atoms with Crippen molar-refractivity contribution in [1.29, 1.82) is 0 Å². The van der Waals surface area contributed by atoms with Gasteiger partial charge in [-0.05, 0) is 32.9 Å². The highest BCUT2D eigenvalue weighted by Crippen LogP contribution is 2.33. The summed E-state index contributed by atoms with van der Waals surface area (Å²) in [4.78, 5) is 11.7. The van der Waals surface area contributed by atoms with Gasteiger partial charge in [0.25, 0.3) is 0 Å². The van der Waals surface area contributed by atoms with Crippen LogP contribution in [0.3, 0.4) is 0 Å². The molecule has 5 heteroatoms. The third-order valence-corrected chi connectivity index (χ3v) is 4.57. The first-order valence-electron chi connectivity index (χ1n) is 7.87. The fourth-order valence-corrected chi connectivity index (χ4v) is 3.39. The normalized spacial score (nSPS) is 23.1. The highest BCUT2D eigenvalue weighted by atomic mass is 15.4. The predicted molar refractivity (Wildman–Crippen MR) is 85.0 cm³/mol. The molecule has 0 bridgehead atoms. The van der Waals surface area contributed by atoms with E-state index < -0.39 is 0 Å². The Bertz CT molecular complexity index is 342. The molecule has 0 radical (unpaired) electrons. The average Bonchev–Trinajstić information content (AvgIpc) is 2.67. The van der Waals surface area contributed by atoms with Crippen LogP contribution in [0.25, 0.3) is 0 Å². The third kappa shape index (κ3) is 3.44. The van der Waals surface area contributed by atoms with E-state index in [1.165, 1.54) is 32.5 Å². The van der Waals surface area contributed by atoms with Gasteiger partial charge in [-0.25, -0.2) is 0 Å². The molecule has 0 saturated carbocycles. The van der Waals surface area contributed by atoms with E-state index in [9.17, 15) is 0 Å². The Labute approximate surface area is 123 Å². The molecule has 0 aromatic rings. The molecule has 0 aliphatic carbocycles. The third-order valence-electron chi connectivity index (χ3n) is 4.57. The van der Waals surface area contributed by atoms with Crippen molar-refractivity contribution in [2.45, 2.75) is 32.2 Å². The lowest BCUT2D eigenvalue weighted by Gasteiger charge is -2.45. The Morgan fingerprint density at radius 3 is 2.50 bits per heavy atom. The van der Waals surface area contributed by atoms with Gasteiger partial charge in [-0.2, -0.15) is 0 Å². The van der Waals surface area contributed by atoms with Crippen molar-refractivity contribution in [3.63, 3.8) is 0 Å². The number of likely N-dealkylation sites (tertiary alicyclic amines) is 1. The van der Waals surface area contributed by atoms with Gasteiger partial charge in [0.05, 0.1) is 12.1 Å². The molecule has 1 fully saturated rings. The van der Waals surface area contributed by atoms with Gasteiger partial charge >= 0.3 is 0 Å². The molecule has 0 aromatic carbocycles. The second-order valence-corrected chi connectivity index (χ2v) is 7.05. The number of likely N-dealkylation sites (N-methyl/N-ethyl adjacent to an activating group) is 1. The molecule has 2 N–H and O–H groups in total. The topological polar surface area (TPSA) is 48.1 Å². The lowest BCUT2D eigenvalue weighted by molar-refractivity contribution is 0.0762. The van der Waals surface area contributed by atoms with Crippen LogP contribution in [0.1, 0.15) is 26.7 Å². The van der Waals surface area contributed by atoms with Gasteiger partial charge in [0, 0.05) is 32.7 Å². The summed E-state index contributed by atoms with van der Waals surface area (Å²) in [6.45, 7) is 11.1. The number of guanidine groups is 1. The van der Waals surface area contributed by atoms with Crippen molar-refractivity contribution in [2.24, 2.45) is 16.6 Å². The molecule has 0 unspecified atom stereocenters. The molecule has 0 amide bonds. The van der Waals surface area contributed by atoms with Crippen LogP contribution in [0.2, 0.25) is 0 Å². The average molecular weight is 281 g/mol. The lowest BCUT2D eigenvalue weighted by atomic mass is 9.86. The van der Waals surface area contributed by atoms with E-state index in [1.807, 2.05) is 0 Å². The molecular formula is C15H31N5. The quantitative estimate of drug-likeness (QED) is 0.805. The van der Waals surface area contributed by atoms with E-state index in [4.69, 9.17) is 5.73 Å². The van der Waals surface area contributed by atoms with E-state index in [0.717, 1.165) is 31.5 Å². The minimum atomic E-state index is 0.202. The maximum Gasteiger partial charge on any atom is 0.191 e. The number of rotatable bonds is 5. The Hall–Kier alpha value is -0.810. The summed E-state index contributed by atoms with van der Waals surface area (Å²) in [6.07, 6.45) is 2.38. The van der Waals surface area contributed by atoms with Gasteiger partial charge in [-0.3, -0.25) is 4.99 Å². The van der Waals surface area contributed by atoms with Crippen molar-refractivity contribution < 1.29 is 0 Å². The Balaban J connectivity index is 1.94. The Morgan fingerprint density at radius 2 is 1.95 bits per heavy atom. The first kappa shape index (κ1) is 15.6. The van der Waals surface area contributed by atoms with Crippen molar-refractivity contribution in [2.75, 3.05) is 53.4 Å². The summed E-state index contributed by atoms with van der Waals surface area (Å²) in [5.74, 6) is 1.50. The largest absolute Gasteiger partial charge is 0.370 e. The van der Waals surface area contributed by atoms with E-state index in [2.05, 4.69) is 47.6 Å². The van der Waals surface area contributed by atoms with Crippen LogP contribution in [0.15, 0.2) is 4.99 Å². The molecule has 2 rings (SSSR count). The van der Waals surface area contributed by atoms with Crippen LogP contribution in [-0.4, -0.2) is 79.6 Å². The van der Waals surface area contributed by atoms with Gasteiger partial charge in [0.1, 0.15) is 0 Å². The molecule has 5 nitrogen and oxygen atoms in total. The van der Waals surface area contributed by atoms with E-state index in [-0.39, 0.29) is 5.54 Å². The monoisotopic (exact) mass is 281 g/mol. The number of piperidine rings is 1. The molecule has 0 atom stereocenters. The lowest BCUT2D eigenvalue weighted by Crippen LogP contribution is -2.58. The Morgan fingerprint density at radius 1 is 1.30 bits per heavy atom. The molecule has 116 valence electrons. The maximum atomic E-state index is 6.13. The van der Waals surface area contributed by atoms with Crippen molar-refractivity contribution in [3.8, 4) is 0 Å². The van der Waals surface area contributed by atoms with Gasteiger partial charge in [0.2, 0.25) is 0 Å². The first-order chi connectivity index (χ1) is 9.43. The molecule has 2 aliphatic heterocycles. The maximum absolute atomic E-state index is 6.13. The molecule has 2 heterocycles. The molecular weight excluding hydrogens is 250 g/mol. The van der Waals surface area contributed by atoms with Gasteiger partial charge in [-0.1, -0.05) is 13.8 Å². The Kier molecular flexibility index (Phi) is 4.91. The van der Waals surface area contributed by atoms with Gasteiger partial charge in [-0.15, -0.1) is 0 Å². The van der Waals surface area contributed by atoms with Crippen molar-refractivity contribution in [3.05, 3.63) is 0 Å². The minimum Gasteiger partial charge on any atom is -0.370 e. The fourth-order valence-electron chi connectivity index (χ4n) is 3.39. The fraction of sp³-hybridized carbons (Fsp3) is 0.933. The van der Waals surface area contributed by atoms with Gasteiger partial charge < -0.3 is 20.4 Å².